The standard InChI is InChI=1S/C11H14ClNO4/c1-17-10(15)5-9(14)11(16)7-4-6(12)2-3-8(7)13/h2-4,9,11,14,16H,5,13H2,1H3. The van der Waals surface area contributed by atoms with Gasteiger partial charge in [0.1, 0.15) is 6.10 Å². The van der Waals surface area contributed by atoms with E-state index in [0.29, 0.717) is 10.7 Å². The normalized spacial score (nSPS) is 14.1. The number of benzene rings is 1. The zero-order chi connectivity index (χ0) is 13.0. The van der Waals surface area contributed by atoms with E-state index >= 15 is 0 Å². The van der Waals surface area contributed by atoms with Crippen molar-refractivity contribution in [1.29, 1.82) is 0 Å². The number of carbonyl (C=O) groups is 1. The second-order valence-electron chi connectivity index (χ2n) is 3.57. The minimum atomic E-state index is -1.29. The van der Waals surface area contributed by atoms with Crippen LogP contribution < -0.4 is 5.73 Å². The number of aliphatic hydroxyl groups is 2. The van der Waals surface area contributed by atoms with Crippen molar-refractivity contribution in [3.8, 4) is 0 Å². The first kappa shape index (κ1) is 13.8. The molecule has 0 aliphatic heterocycles. The molecule has 0 bridgehead atoms. The number of nitrogen functional groups attached to an aromatic ring is 1. The number of hydrogen-bond donors (Lipinski definition) is 3. The fourth-order valence-electron chi connectivity index (χ4n) is 1.37. The molecule has 0 saturated heterocycles. The van der Waals surface area contributed by atoms with Crippen molar-refractivity contribution in [1.82, 2.24) is 0 Å². The van der Waals surface area contributed by atoms with Crippen LogP contribution in [0, 0.1) is 0 Å². The number of esters is 1. The molecule has 5 nitrogen and oxygen atoms in total. The van der Waals surface area contributed by atoms with E-state index in [4.69, 9.17) is 17.3 Å². The van der Waals surface area contributed by atoms with Gasteiger partial charge in [0.15, 0.2) is 0 Å². The molecule has 0 aliphatic rings. The van der Waals surface area contributed by atoms with Gasteiger partial charge in [0.2, 0.25) is 0 Å². The molecule has 0 spiro atoms. The predicted octanol–water partition coefficient (Wildman–Crippen LogP) is 0.880. The van der Waals surface area contributed by atoms with Gasteiger partial charge in [-0.15, -0.1) is 0 Å². The Morgan fingerprint density at radius 1 is 1.53 bits per heavy atom. The summed E-state index contributed by atoms with van der Waals surface area (Å²) in [5.41, 5.74) is 6.23. The van der Waals surface area contributed by atoms with E-state index in [1.807, 2.05) is 0 Å². The average Bonchev–Trinajstić information content (AvgIpc) is 2.31. The van der Waals surface area contributed by atoms with Gasteiger partial charge >= 0.3 is 5.97 Å². The molecule has 1 aromatic rings. The van der Waals surface area contributed by atoms with Crippen molar-refractivity contribution in [3.63, 3.8) is 0 Å². The lowest BCUT2D eigenvalue weighted by molar-refractivity contribution is -0.144. The van der Waals surface area contributed by atoms with E-state index < -0.39 is 18.2 Å². The van der Waals surface area contributed by atoms with Crippen LogP contribution in [0.3, 0.4) is 0 Å². The minimum absolute atomic E-state index is 0.286. The van der Waals surface area contributed by atoms with Crippen LogP contribution in [0.4, 0.5) is 5.69 Å². The highest BCUT2D eigenvalue weighted by atomic mass is 35.5. The topological polar surface area (TPSA) is 92.8 Å². The third kappa shape index (κ3) is 3.59. The highest BCUT2D eigenvalue weighted by Gasteiger charge is 2.23. The fraction of sp³-hybridized carbons (Fsp3) is 0.364. The SMILES string of the molecule is COC(=O)CC(O)C(O)c1cc(Cl)ccc1N. The van der Waals surface area contributed by atoms with Gasteiger partial charge in [0.25, 0.3) is 0 Å². The monoisotopic (exact) mass is 259 g/mol. The first-order valence-electron chi connectivity index (χ1n) is 4.93. The number of rotatable bonds is 4. The van der Waals surface area contributed by atoms with Crippen molar-refractivity contribution < 1.29 is 19.7 Å². The van der Waals surface area contributed by atoms with Crippen LogP contribution >= 0.6 is 11.6 Å². The summed E-state index contributed by atoms with van der Waals surface area (Å²) in [5, 5.41) is 19.9. The van der Waals surface area contributed by atoms with Crippen LogP contribution in [-0.2, 0) is 9.53 Å². The van der Waals surface area contributed by atoms with Gasteiger partial charge in [-0.3, -0.25) is 4.79 Å². The third-order valence-electron chi connectivity index (χ3n) is 2.34. The summed E-state index contributed by atoms with van der Waals surface area (Å²) in [4.78, 5) is 11.0. The number of aliphatic hydroxyl groups excluding tert-OH is 2. The summed E-state index contributed by atoms with van der Waals surface area (Å²) in [6.07, 6.45) is -2.89. The minimum Gasteiger partial charge on any atom is -0.469 e. The number of carbonyl (C=O) groups excluding carboxylic acids is 1. The van der Waals surface area contributed by atoms with E-state index in [2.05, 4.69) is 4.74 Å². The second-order valence-corrected chi connectivity index (χ2v) is 4.00. The summed E-state index contributed by atoms with van der Waals surface area (Å²) >= 11 is 5.76. The third-order valence-corrected chi connectivity index (χ3v) is 2.57. The summed E-state index contributed by atoms with van der Waals surface area (Å²) in [6, 6.07) is 4.54. The first-order valence-corrected chi connectivity index (χ1v) is 5.31. The van der Waals surface area contributed by atoms with Gasteiger partial charge in [0, 0.05) is 16.3 Å². The Morgan fingerprint density at radius 2 is 2.18 bits per heavy atom. The molecule has 0 amide bonds. The highest BCUT2D eigenvalue weighted by Crippen LogP contribution is 2.27. The van der Waals surface area contributed by atoms with Crippen LogP contribution in [0.5, 0.6) is 0 Å². The van der Waals surface area contributed by atoms with Crippen molar-refractivity contribution in [3.05, 3.63) is 28.8 Å². The number of ether oxygens (including phenoxy) is 1. The molecule has 0 aliphatic carbocycles. The molecule has 94 valence electrons. The van der Waals surface area contributed by atoms with Crippen molar-refractivity contribution >= 4 is 23.3 Å². The molecule has 6 heteroatoms. The van der Waals surface area contributed by atoms with Gasteiger partial charge in [-0.1, -0.05) is 11.6 Å². The smallest absolute Gasteiger partial charge is 0.308 e. The Bertz CT molecular complexity index is 410. The maximum Gasteiger partial charge on any atom is 0.308 e. The Labute approximate surface area is 104 Å². The van der Waals surface area contributed by atoms with Gasteiger partial charge in [0.05, 0.1) is 19.6 Å². The molecule has 1 rings (SSSR count). The average molecular weight is 260 g/mol. The van der Waals surface area contributed by atoms with Crippen LogP contribution in [-0.4, -0.2) is 29.4 Å². The Balaban J connectivity index is 2.84. The number of methoxy groups -OCH3 is 1. The lowest BCUT2D eigenvalue weighted by Crippen LogP contribution is -2.23. The zero-order valence-electron chi connectivity index (χ0n) is 9.26. The maximum atomic E-state index is 11.0. The maximum absolute atomic E-state index is 11.0. The Hall–Kier alpha value is -1.30. The van der Waals surface area contributed by atoms with E-state index in [1.165, 1.54) is 19.2 Å². The summed E-state index contributed by atoms with van der Waals surface area (Å²) in [5.74, 6) is -0.614. The van der Waals surface area contributed by atoms with Gasteiger partial charge in [-0.25, -0.2) is 0 Å². The van der Waals surface area contributed by atoms with Gasteiger partial charge in [-0.2, -0.15) is 0 Å². The molecular weight excluding hydrogens is 246 g/mol. The lowest BCUT2D eigenvalue weighted by atomic mass is 10.0. The largest absolute Gasteiger partial charge is 0.469 e. The van der Waals surface area contributed by atoms with E-state index in [1.54, 1.807) is 6.07 Å². The predicted molar refractivity (Wildman–Crippen MR) is 63.5 cm³/mol. The molecule has 1 aromatic carbocycles. The molecule has 0 saturated carbocycles. The summed E-state index contributed by atoms with van der Waals surface area (Å²) in [6.45, 7) is 0. The molecule has 4 N–H and O–H groups in total. The molecule has 17 heavy (non-hydrogen) atoms. The lowest BCUT2D eigenvalue weighted by Gasteiger charge is -2.18. The molecule has 0 radical (unpaired) electrons. The van der Waals surface area contributed by atoms with E-state index in [0.717, 1.165) is 0 Å². The number of anilines is 1. The molecular formula is C11H14ClNO4. The molecule has 0 heterocycles. The van der Waals surface area contributed by atoms with Gasteiger partial charge in [-0.05, 0) is 18.2 Å². The second kappa shape index (κ2) is 5.86. The van der Waals surface area contributed by atoms with E-state index in [-0.39, 0.29) is 12.0 Å². The fourth-order valence-corrected chi connectivity index (χ4v) is 1.56. The van der Waals surface area contributed by atoms with Crippen LogP contribution in [0.25, 0.3) is 0 Å². The Morgan fingerprint density at radius 3 is 2.76 bits per heavy atom. The first-order chi connectivity index (χ1) is 7.95. The van der Waals surface area contributed by atoms with Gasteiger partial charge < -0.3 is 20.7 Å². The van der Waals surface area contributed by atoms with E-state index in [9.17, 15) is 15.0 Å². The number of halogens is 1. The van der Waals surface area contributed by atoms with Crippen molar-refractivity contribution in [2.75, 3.05) is 12.8 Å². The van der Waals surface area contributed by atoms with Crippen molar-refractivity contribution in [2.45, 2.75) is 18.6 Å². The van der Waals surface area contributed by atoms with Crippen molar-refractivity contribution in [2.24, 2.45) is 0 Å². The molecule has 0 fully saturated rings. The van der Waals surface area contributed by atoms with Crippen LogP contribution in [0.1, 0.15) is 18.1 Å². The molecule has 0 aromatic heterocycles. The number of nitrogens with two attached hydrogens (primary N) is 1. The van der Waals surface area contributed by atoms with Crippen LogP contribution in [0.15, 0.2) is 18.2 Å². The Kier molecular flexibility index (Phi) is 4.74. The summed E-state index contributed by atoms with van der Waals surface area (Å²) in [7, 11) is 1.20. The quantitative estimate of drug-likeness (QED) is 0.551. The van der Waals surface area contributed by atoms with Crippen LogP contribution in [0.2, 0.25) is 5.02 Å². The zero-order valence-corrected chi connectivity index (χ0v) is 10.0. The summed E-state index contributed by atoms with van der Waals surface area (Å²) < 4.78 is 4.39. The highest BCUT2D eigenvalue weighted by molar-refractivity contribution is 6.30. The molecule has 2 unspecified atom stereocenters. The number of hydrogen-bond acceptors (Lipinski definition) is 5. The molecule has 2 atom stereocenters.